The number of fused-ring (bicyclic) bond motifs is 5. The second-order valence-electron chi connectivity index (χ2n) is 21.5. The summed E-state index contributed by atoms with van der Waals surface area (Å²) in [5.41, 5.74) is 1.53. The number of carbonyl (C=O) groups is 9. The van der Waals surface area contributed by atoms with E-state index in [0.717, 1.165) is 5.56 Å². The summed E-state index contributed by atoms with van der Waals surface area (Å²) in [6.45, 7) is 6.72. The van der Waals surface area contributed by atoms with Crippen molar-refractivity contribution < 1.29 is 62.1 Å². The average Bonchev–Trinajstić information content (AvgIpc) is 4.20. The van der Waals surface area contributed by atoms with Crippen molar-refractivity contribution >= 4 is 64.1 Å². The predicted octanol–water partition coefficient (Wildman–Crippen LogP) is 1.78. The molecule has 23 heteroatoms. The number of aliphatic hydroxyl groups is 1. The standard InChI is InChI=1S/C56H66FN9O13/c1-6-56(77)35-20-41-50-33(26-66(41)52(74)34(35)27-79-54(56)76)49-38(17-16-32-30(2)37(57)22-39(64-50)48(32)49)62-46(71)28-78-29-61-44(69)24-60-51(73)40(19-31-13-9-7-10-14-31)63-45(70)25-59-43(68)23-58-42(67)15-11-8-12-18-65-47(72)21-36(53(65)75)55(3,4)5/h7,9-10,13-14,20,22,36,38,40,77H,6,8,11-12,15-19,21,23-29H2,1-5H3,(H,58,67)(H,59,68)(H,60,73)(H,61,69)(H,62,71)(H,63,70)/t36?,38?,40?,56-/m0/s1. The van der Waals surface area contributed by atoms with Gasteiger partial charge in [0.15, 0.2) is 5.60 Å². The molecule has 1 aliphatic carbocycles. The van der Waals surface area contributed by atoms with Gasteiger partial charge in [0.25, 0.3) is 5.56 Å². The minimum atomic E-state index is -2.05. The number of pyridine rings is 2. The zero-order chi connectivity index (χ0) is 56.9. The Morgan fingerprint density at radius 3 is 2.32 bits per heavy atom. The molecule has 7 N–H and O–H groups in total. The maximum Gasteiger partial charge on any atom is 0.343 e. The summed E-state index contributed by atoms with van der Waals surface area (Å²) in [5.74, 6) is -5.73. The molecule has 1 saturated heterocycles. The minimum Gasteiger partial charge on any atom is -0.458 e. The van der Waals surface area contributed by atoms with Gasteiger partial charge in [0.1, 0.15) is 31.8 Å². The lowest BCUT2D eigenvalue weighted by Crippen LogP contribution is -2.52. The number of aryl methyl sites for hydroxylation is 1. The van der Waals surface area contributed by atoms with Crippen LogP contribution in [0.3, 0.4) is 0 Å². The van der Waals surface area contributed by atoms with Gasteiger partial charge in [-0.25, -0.2) is 14.2 Å². The third-order valence-electron chi connectivity index (χ3n) is 15.1. The van der Waals surface area contributed by atoms with Crippen molar-refractivity contribution in [3.63, 3.8) is 0 Å². The van der Waals surface area contributed by atoms with Crippen LogP contribution in [0.5, 0.6) is 0 Å². The number of benzene rings is 2. The van der Waals surface area contributed by atoms with Gasteiger partial charge in [-0.05, 0) is 72.8 Å². The molecule has 5 heterocycles. The van der Waals surface area contributed by atoms with Crippen LogP contribution in [-0.2, 0) is 84.2 Å². The molecule has 4 aliphatic rings. The molecule has 4 aromatic rings. The third-order valence-corrected chi connectivity index (χ3v) is 15.1. The van der Waals surface area contributed by atoms with Crippen LogP contribution in [0, 0.1) is 24.1 Å². The van der Waals surface area contributed by atoms with Gasteiger partial charge in [0.05, 0.1) is 60.6 Å². The van der Waals surface area contributed by atoms with Crippen molar-refractivity contribution in [3.05, 3.63) is 97.6 Å². The molecule has 8 rings (SSSR count). The van der Waals surface area contributed by atoms with Crippen LogP contribution < -0.4 is 37.5 Å². The summed E-state index contributed by atoms with van der Waals surface area (Å²) >= 11 is 0. The minimum absolute atomic E-state index is 0.0371. The number of aromatic nitrogens is 2. The Morgan fingerprint density at radius 2 is 1.59 bits per heavy atom. The fraction of sp³-hybridized carbons (Fsp3) is 0.482. The fourth-order valence-electron chi connectivity index (χ4n) is 10.7. The number of ether oxygens (including phenoxy) is 2. The average molecular weight is 1090 g/mol. The zero-order valence-electron chi connectivity index (χ0n) is 44.9. The number of imide groups is 1. The molecule has 4 atom stereocenters. The molecule has 8 amide bonds. The Bertz CT molecular complexity index is 3190. The number of cyclic esters (lactones) is 1. The Labute approximate surface area is 454 Å². The number of amides is 8. The van der Waals surface area contributed by atoms with E-state index in [4.69, 9.17) is 14.5 Å². The Kier molecular flexibility index (Phi) is 17.4. The van der Waals surface area contributed by atoms with E-state index in [1.807, 2.05) is 20.8 Å². The maximum atomic E-state index is 15.4. The number of esters is 1. The van der Waals surface area contributed by atoms with E-state index in [-0.39, 0.29) is 79.7 Å². The molecular weight excluding hydrogens is 1030 g/mol. The van der Waals surface area contributed by atoms with E-state index in [9.17, 15) is 53.1 Å². The van der Waals surface area contributed by atoms with E-state index in [2.05, 4.69) is 31.9 Å². The van der Waals surface area contributed by atoms with Gasteiger partial charge in [-0.3, -0.25) is 48.1 Å². The van der Waals surface area contributed by atoms with Crippen molar-refractivity contribution in [1.82, 2.24) is 46.4 Å². The molecule has 22 nitrogen and oxygen atoms in total. The first-order valence-corrected chi connectivity index (χ1v) is 26.5. The molecule has 79 heavy (non-hydrogen) atoms. The van der Waals surface area contributed by atoms with Gasteiger partial charge in [0, 0.05) is 48.4 Å². The molecule has 2 aromatic carbocycles. The first-order chi connectivity index (χ1) is 37.6. The number of rotatable bonds is 22. The van der Waals surface area contributed by atoms with Crippen LogP contribution in [0.25, 0.3) is 22.3 Å². The van der Waals surface area contributed by atoms with E-state index in [0.29, 0.717) is 76.6 Å². The van der Waals surface area contributed by atoms with Crippen molar-refractivity contribution in [3.8, 4) is 11.4 Å². The Balaban J connectivity index is 0.786. The maximum absolute atomic E-state index is 15.4. The topological polar surface area (TPSA) is 303 Å². The smallest absolute Gasteiger partial charge is 0.343 e. The van der Waals surface area contributed by atoms with Crippen LogP contribution in [0.1, 0.15) is 118 Å². The number of unbranched alkanes of at least 4 members (excludes halogenated alkanes) is 2. The number of halogens is 1. The molecule has 420 valence electrons. The molecule has 3 aliphatic heterocycles. The summed E-state index contributed by atoms with van der Waals surface area (Å²) in [5, 5.41) is 27.5. The lowest BCUT2D eigenvalue weighted by Gasteiger charge is -2.31. The van der Waals surface area contributed by atoms with Crippen LogP contribution in [0.2, 0.25) is 0 Å². The molecule has 0 saturated carbocycles. The Morgan fingerprint density at radius 1 is 0.886 bits per heavy atom. The summed E-state index contributed by atoms with van der Waals surface area (Å²) < 4.78 is 27.6. The SMILES string of the molecule is CC[C@@]1(O)C(=O)OCc2c1cc1n(c2=O)Cc2c-1nc1cc(F)c(C)c3c1c2C(NC(=O)COCNC(=O)CNC(=O)C(Cc1ccccc1)NC(=O)CNC(=O)CNC(=O)CCCCCN1C(=O)CC(C(C)(C)C)C1=O)CC3. The van der Waals surface area contributed by atoms with Crippen molar-refractivity contribution in [1.29, 1.82) is 0 Å². The molecule has 3 unspecified atom stereocenters. The zero-order valence-corrected chi connectivity index (χ0v) is 44.9. The van der Waals surface area contributed by atoms with Crippen LogP contribution in [0.15, 0.2) is 47.3 Å². The first kappa shape index (κ1) is 57.3. The van der Waals surface area contributed by atoms with Crippen molar-refractivity contribution in [2.24, 2.45) is 11.3 Å². The number of carbonyl (C=O) groups excluding carboxylic acids is 9. The van der Waals surface area contributed by atoms with Gasteiger partial charge in [0.2, 0.25) is 47.3 Å². The van der Waals surface area contributed by atoms with Gasteiger partial charge >= 0.3 is 5.97 Å². The van der Waals surface area contributed by atoms with Gasteiger partial charge in [-0.15, -0.1) is 0 Å². The third kappa shape index (κ3) is 12.5. The highest BCUT2D eigenvalue weighted by molar-refractivity contribution is 6.04. The lowest BCUT2D eigenvalue weighted by atomic mass is 9.80. The number of nitrogens with zero attached hydrogens (tertiary/aromatic N) is 3. The van der Waals surface area contributed by atoms with Crippen LogP contribution in [0.4, 0.5) is 4.39 Å². The summed E-state index contributed by atoms with van der Waals surface area (Å²) in [4.78, 5) is 136. The van der Waals surface area contributed by atoms with Gasteiger partial charge in [-0.1, -0.05) is 64.4 Å². The van der Waals surface area contributed by atoms with E-state index >= 15 is 4.39 Å². The summed E-state index contributed by atoms with van der Waals surface area (Å²) in [6.07, 6.45) is 2.66. The molecule has 0 spiro atoms. The molecular formula is C56H66FN9O13. The summed E-state index contributed by atoms with van der Waals surface area (Å²) in [6, 6.07) is 9.85. The fourth-order valence-corrected chi connectivity index (χ4v) is 10.7. The predicted molar refractivity (Wildman–Crippen MR) is 281 cm³/mol. The van der Waals surface area contributed by atoms with E-state index < -0.39 is 103 Å². The first-order valence-electron chi connectivity index (χ1n) is 26.5. The van der Waals surface area contributed by atoms with Gasteiger partial charge < -0.3 is 51.0 Å². The van der Waals surface area contributed by atoms with Gasteiger partial charge in [-0.2, -0.15) is 0 Å². The Hall–Kier alpha value is -7.92. The quantitative estimate of drug-likeness (QED) is 0.0225. The van der Waals surface area contributed by atoms with E-state index in [1.54, 1.807) is 50.2 Å². The summed E-state index contributed by atoms with van der Waals surface area (Å²) in [7, 11) is 0. The lowest BCUT2D eigenvalue weighted by molar-refractivity contribution is -0.172. The highest BCUT2D eigenvalue weighted by Crippen LogP contribution is 2.46. The monoisotopic (exact) mass is 1090 g/mol. The van der Waals surface area contributed by atoms with Crippen LogP contribution >= 0.6 is 0 Å². The number of hydrogen-bond acceptors (Lipinski definition) is 14. The second kappa shape index (κ2) is 24.0. The largest absolute Gasteiger partial charge is 0.458 e. The molecule has 1 fully saturated rings. The normalized spacial score (nSPS) is 18.5. The number of likely N-dealkylation sites (tertiary alicyclic amines) is 1. The number of hydrogen-bond donors (Lipinski definition) is 7. The van der Waals surface area contributed by atoms with Crippen molar-refractivity contribution in [2.45, 2.75) is 123 Å². The molecule has 0 bridgehead atoms. The number of nitrogens with one attached hydrogen (secondary N) is 6. The van der Waals surface area contributed by atoms with Crippen molar-refractivity contribution in [2.75, 3.05) is 39.5 Å². The van der Waals surface area contributed by atoms with E-state index in [1.165, 1.54) is 15.5 Å². The molecule has 2 aromatic heterocycles. The molecule has 0 radical (unpaired) electrons. The second-order valence-corrected chi connectivity index (χ2v) is 21.5. The highest BCUT2D eigenvalue weighted by atomic mass is 19.1. The highest BCUT2D eigenvalue weighted by Gasteiger charge is 2.47. The van der Waals surface area contributed by atoms with Crippen LogP contribution in [-0.4, -0.2) is 118 Å².